The molecule has 0 atom stereocenters. The molecule has 1 aliphatic carbocycles. The molecule has 1 aliphatic rings. The van der Waals surface area contributed by atoms with Gasteiger partial charge in [0.15, 0.2) is 5.96 Å². The lowest BCUT2D eigenvalue weighted by Crippen LogP contribution is -2.39. The van der Waals surface area contributed by atoms with Gasteiger partial charge in [0.05, 0.1) is 30.9 Å². The number of halogens is 1. The smallest absolute Gasteiger partial charge is 0.194 e. The Morgan fingerprint density at radius 1 is 1.33 bits per heavy atom. The van der Waals surface area contributed by atoms with Crippen LogP contribution in [0.4, 0.5) is 0 Å². The molecule has 7 heteroatoms. The van der Waals surface area contributed by atoms with E-state index >= 15 is 0 Å². The van der Waals surface area contributed by atoms with Gasteiger partial charge in [0, 0.05) is 24.4 Å². The van der Waals surface area contributed by atoms with Gasteiger partial charge in [-0.05, 0) is 44.4 Å². The van der Waals surface area contributed by atoms with Crippen molar-refractivity contribution in [2.75, 3.05) is 27.2 Å². The number of hydrogen-bond donors (Lipinski definition) is 1. The van der Waals surface area contributed by atoms with Crippen LogP contribution in [0.15, 0.2) is 34.6 Å². The highest BCUT2D eigenvalue weighted by Crippen LogP contribution is 2.48. The van der Waals surface area contributed by atoms with Gasteiger partial charge in [-0.2, -0.15) is 0 Å². The van der Waals surface area contributed by atoms with Gasteiger partial charge < -0.3 is 15.0 Å². The average molecular weight is 500 g/mol. The van der Waals surface area contributed by atoms with Gasteiger partial charge in [-0.1, -0.05) is 12.1 Å². The highest BCUT2D eigenvalue weighted by atomic mass is 127. The van der Waals surface area contributed by atoms with Crippen LogP contribution in [-0.4, -0.2) is 43.1 Å². The number of aromatic nitrogens is 1. The molecule has 1 saturated carbocycles. The van der Waals surface area contributed by atoms with Gasteiger partial charge in [-0.15, -0.1) is 35.3 Å². The largest absolute Gasteiger partial charge is 0.497 e. The first-order valence-corrected chi connectivity index (χ1v) is 9.99. The molecule has 2 aromatic rings. The molecule has 0 aliphatic heterocycles. The van der Waals surface area contributed by atoms with E-state index in [1.807, 2.05) is 19.1 Å². The summed E-state index contributed by atoms with van der Waals surface area (Å²) in [5.74, 6) is 1.85. The minimum atomic E-state index is 0. The van der Waals surface area contributed by atoms with Crippen LogP contribution in [0.25, 0.3) is 0 Å². The van der Waals surface area contributed by atoms with E-state index < -0.39 is 0 Å². The normalized spacial score (nSPS) is 15.0. The van der Waals surface area contributed by atoms with E-state index in [9.17, 15) is 0 Å². The molecular formula is C20H29IN4OS. The molecule has 1 aromatic heterocycles. The number of aliphatic imine (C=N–C) groups is 1. The fourth-order valence-corrected chi connectivity index (χ4v) is 3.73. The van der Waals surface area contributed by atoms with Crippen molar-refractivity contribution in [2.45, 2.75) is 38.6 Å². The average Bonchev–Trinajstić information content (AvgIpc) is 3.34. The summed E-state index contributed by atoms with van der Waals surface area (Å²) in [6.45, 7) is 6.58. The van der Waals surface area contributed by atoms with Crippen molar-refractivity contribution >= 4 is 41.3 Å². The second-order valence-electron chi connectivity index (χ2n) is 6.89. The number of guanidine groups is 1. The maximum absolute atomic E-state index is 5.27. The van der Waals surface area contributed by atoms with Crippen LogP contribution in [0.2, 0.25) is 0 Å². The number of nitrogens with zero attached hydrogens (tertiary/aromatic N) is 3. The third-order valence-electron chi connectivity index (χ3n) is 4.85. The Bertz CT molecular complexity index is 756. The molecule has 0 spiro atoms. The summed E-state index contributed by atoms with van der Waals surface area (Å²) in [6, 6.07) is 8.44. The highest BCUT2D eigenvalue weighted by molar-refractivity contribution is 14.0. The molecule has 3 rings (SSSR count). The SMILES string of the molecule is CCNC(=NCC1(c2ccc(OC)cc2)CC1)N(C)Cc1csc(C)n1.I. The zero-order chi connectivity index (χ0) is 18.6. The molecule has 1 N–H and O–H groups in total. The summed E-state index contributed by atoms with van der Waals surface area (Å²) >= 11 is 1.69. The summed E-state index contributed by atoms with van der Waals surface area (Å²) in [5, 5.41) is 6.63. The maximum Gasteiger partial charge on any atom is 0.194 e. The monoisotopic (exact) mass is 500 g/mol. The highest BCUT2D eigenvalue weighted by Gasteiger charge is 2.44. The quantitative estimate of drug-likeness (QED) is 0.352. The van der Waals surface area contributed by atoms with Crippen LogP contribution in [0.1, 0.15) is 36.0 Å². The Balaban J connectivity index is 0.00000261. The third-order valence-corrected chi connectivity index (χ3v) is 5.67. The Morgan fingerprint density at radius 2 is 2.04 bits per heavy atom. The van der Waals surface area contributed by atoms with Crippen LogP contribution >= 0.6 is 35.3 Å². The van der Waals surface area contributed by atoms with Gasteiger partial charge in [-0.25, -0.2) is 4.98 Å². The van der Waals surface area contributed by atoms with Gasteiger partial charge in [0.2, 0.25) is 0 Å². The van der Waals surface area contributed by atoms with Gasteiger partial charge in [0.25, 0.3) is 0 Å². The molecule has 1 heterocycles. The molecule has 1 fully saturated rings. The zero-order valence-electron chi connectivity index (χ0n) is 16.5. The lowest BCUT2D eigenvalue weighted by Gasteiger charge is -2.22. The summed E-state index contributed by atoms with van der Waals surface area (Å²) in [6.07, 6.45) is 2.38. The maximum atomic E-state index is 5.27. The predicted molar refractivity (Wildman–Crippen MR) is 124 cm³/mol. The number of hydrogen-bond acceptors (Lipinski definition) is 4. The van der Waals surface area contributed by atoms with Crippen molar-refractivity contribution in [3.63, 3.8) is 0 Å². The first-order valence-electron chi connectivity index (χ1n) is 9.11. The van der Waals surface area contributed by atoms with E-state index in [1.54, 1.807) is 18.4 Å². The molecule has 148 valence electrons. The molecule has 5 nitrogen and oxygen atoms in total. The molecule has 0 unspecified atom stereocenters. The Kier molecular flexibility index (Phi) is 7.91. The van der Waals surface area contributed by atoms with Crippen LogP contribution in [-0.2, 0) is 12.0 Å². The van der Waals surface area contributed by atoms with E-state index in [1.165, 1.54) is 18.4 Å². The molecule has 27 heavy (non-hydrogen) atoms. The molecule has 0 amide bonds. The van der Waals surface area contributed by atoms with Crippen LogP contribution in [0.3, 0.4) is 0 Å². The minimum Gasteiger partial charge on any atom is -0.497 e. The van der Waals surface area contributed by atoms with Crippen molar-refractivity contribution < 1.29 is 4.74 Å². The number of aryl methyl sites for hydroxylation is 1. The Morgan fingerprint density at radius 3 is 2.56 bits per heavy atom. The van der Waals surface area contributed by atoms with E-state index in [0.717, 1.165) is 42.0 Å². The minimum absolute atomic E-state index is 0. The molecule has 0 bridgehead atoms. The number of methoxy groups -OCH3 is 1. The van der Waals surface area contributed by atoms with Gasteiger partial charge in [-0.3, -0.25) is 4.99 Å². The second-order valence-corrected chi connectivity index (χ2v) is 7.96. The van der Waals surface area contributed by atoms with Crippen molar-refractivity contribution in [3.8, 4) is 5.75 Å². The van der Waals surface area contributed by atoms with Crippen molar-refractivity contribution in [2.24, 2.45) is 4.99 Å². The molecule has 1 aromatic carbocycles. The Labute approximate surface area is 183 Å². The first kappa shape index (κ1) is 21.9. The van der Waals surface area contributed by atoms with E-state index in [-0.39, 0.29) is 29.4 Å². The second kappa shape index (κ2) is 9.73. The number of ether oxygens (including phenoxy) is 1. The lowest BCUT2D eigenvalue weighted by molar-refractivity contribution is 0.414. The standard InChI is InChI=1S/C20H28N4OS.HI/c1-5-21-19(24(3)12-17-13-26-15(2)23-17)22-14-20(10-11-20)16-6-8-18(25-4)9-7-16;/h6-9,13H,5,10-12,14H2,1-4H3,(H,21,22);1H. The summed E-state index contributed by atoms with van der Waals surface area (Å²) in [4.78, 5) is 11.7. The van der Waals surface area contributed by atoms with Crippen molar-refractivity contribution in [1.29, 1.82) is 0 Å². The predicted octanol–water partition coefficient (Wildman–Crippen LogP) is 4.21. The number of rotatable bonds is 7. The van der Waals surface area contributed by atoms with Crippen LogP contribution in [0, 0.1) is 6.92 Å². The van der Waals surface area contributed by atoms with Crippen molar-refractivity contribution in [1.82, 2.24) is 15.2 Å². The fourth-order valence-electron chi connectivity index (χ4n) is 3.13. The number of thiazole rings is 1. The van der Waals surface area contributed by atoms with E-state index in [2.05, 4.69) is 46.7 Å². The van der Waals surface area contributed by atoms with Crippen molar-refractivity contribution in [3.05, 3.63) is 45.9 Å². The van der Waals surface area contributed by atoms with Gasteiger partial charge in [0.1, 0.15) is 5.75 Å². The van der Waals surface area contributed by atoms with Crippen LogP contribution < -0.4 is 10.1 Å². The summed E-state index contributed by atoms with van der Waals surface area (Å²) in [5.41, 5.74) is 2.64. The molecule has 0 saturated heterocycles. The third kappa shape index (κ3) is 5.57. The summed E-state index contributed by atoms with van der Waals surface area (Å²) < 4.78 is 5.27. The van der Waals surface area contributed by atoms with Crippen LogP contribution in [0.5, 0.6) is 5.75 Å². The van der Waals surface area contributed by atoms with E-state index in [4.69, 9.17) is 9.73 Å². The fraction of sp³-hybridized carbons (Fsp3) is 0.500. The number of nitrogens with one attached hydrogen (secondary N) is 1. The van der Waals surface area contributed by atoms with E-state index in [0.29, 0.717) is 0 Å². The Hall–Kier alpha value is -1.35. The molecular weight excluding hydrogens is 471 g/mol. The van der Waals surface area contributed by atoms with Gasteiger partial charge >= 0.3 is 0 Å². The lowest BCUT2D eigenvalue weighted by atomic mass is 9.96. The topological polar surface area (TPSA) is 49.8 Å². The first-order chi connectivity index (χ1) is 12.6. The zero-order valence-corrected chi connectivity index (χ0v) is 19.6. The summed E-state index contributed by atoms with van der Waals surface area (Å²) in [7, 11) is 3.78. The molecule has 0 radical (unpaired) electrons. The number of benzene rings is 1.